The number of aromatic amines is 1. The molecule has 0 saturated carbocycles. The molecule has 3 aromatic heterocycles. The maximum Gasteiger partial charge on any atom is 0.277 e. The van der Waals surface area contributed by atoms with E-state index in [0.29, 0.717) is 11.1 Å². The minimum Gasteiger partial charge on any atom is -0.410 e. The minimum absolute atomic E-state index is 0.511. The molecule has 1 N–H and O–H groups in total. The van der Waals surface area contributed by atoms with E-state index in [1.807, 2.05) is 30.6 Å². The Bertz CT molecular complexity index is 629. The number of thiazole rings is 1. The van der Waals surface area contributed by atoms with Crippen molar-refractivity contribution >= 4 is 23.1 Å². The molecule has 5 nitrogen and oxygen atoms in total. The molecule has 0 saturated heterocycles. The summed E-state index contributed by atoms with van der Waals surface area (Å²) < 4.78 is 5.54. The Balaban J connectivity index is 1.67. The highest BCUT2D eigenvalue weighted by atomic mass is 32.2. The third kappa shape index (κ3) is 2.46. The second-order valence-electron chi connectivity index (χ2n) is 3.60. The van der Waals surface area contributed by atoms with Crippen LogP contribution in [0.1, 0.15) is 10.7 Å². The molecule has 0 spiro atoms. The lowest BCUT2D eigenvalue weighted by Gasteiger charge is -1.91. The van der Waals surface area contributed by atoms with Gasteiger partial charge in [0, 0.05) is 17.3 Å². The summed E-state index contributed by atoms with van der Waals surface area (Å²) in [6.45, 7) is 1.99. The first-order chi connectivity index (χ1) is 8.81. The molecule has 0 bridgehead atoms. The smallest absolute Gasteiger partial charge is 0.277 e. The van der Waals surface area contributed by atoms with Gasteiger partial charge in [0.05, 0.1) is 10.7 Å². The number of aryl methyl sites for hydroxylation is 1. The van der Waals surface area contributed by atoms with Crippen molar-refractivity contribution in [2.75, 3.05) is 0 Å². The predicted octanol–water partition coefficient (Wildman–Crippen LogP) is 3.12. The van der Waals surface area contributed by atoms with E-state index >= 15 is 0 Å². The van der Waals surface area contributed by atoms with Crippen LogP contribution in [0.15, 0.2) is 33.3 Å². The highest BCUT2D eigenvalue weighted by Crippen LogP contribution is 2.25. The summed E-state index contributed by atoms with van der Waals surface area (Å²) in [5.41, 5.74) is 1.88. The van der Waals surface area contributed by atoms with Gasteiger partial charge in [-0.2, -0.15) is 0 Å². The van der Waals surface area contributed by atoms with Crippen LogP contribution in [0, 0.1) is 6.92 Å². The van der Waals surface area contributed by atoms with Crippen molar-refractivity contribution in [3.8, 4) is 11.6 Å². The molecule has 0 radical (unpaired) electrons. The fourth-order valence-electron chi connectivity index (χ4n) is 1.45. The molecule has 18 heavy (non-hydrogen) atoms. The Labute approximate surface area is 112 Å². The predicted molar refractivity (Wildman–Crippen MR) is 70.5 cm³/mol. The lowest BCUT2D eigenvalue weighted by molar-refractivity contribution is 0.464. The summed E-state index contributed by atoms with van der Waals surface area (Å²) in [5, 5.41) is 11.7. The Morgan fingerprint density at radius 3 is 3.11 bits per heavy atom. The third-order valence-electron chi connectivity index (χ3n) is 2.24. The topological polar surface area (TPSA) is 67.6 Å². The van der Waals surface area contributed by atoms with Gasteiger partial charge in [-0.3, -0.25) is 0 Å². The number of nitrogens with zero attached hydrogens (tertiary/aromatic N) is 3. The lowest BCUT2D eigenvalue weighted by atomic mass is 10.4. The number of rotatable bonds is 4. The molecule has 0 aliphatic rings. The van der Waals surface area contributed by atoms with Crippen molar-refractivity contribution in [3.05, 3.63) is 34.4 Å². The van der Waals surface area contributed by atoms with Crippen LogP contribution in [0.25, 0.3) is 11.6 Å². The number of hydrogen-bond donors (Lipinski definition) is 1. The molecule has 0 aromatic carbocycles. The van der Waals surface area contributed by atoms with Crippen molar-refractivity contribution in [2.24, 2.45) is 0 Å². The Kier molecular flexibility index (Phi) is 3.16. The van der Waals surface area contributed by atoms with Crippen LogP contribution in [0.5, 0.6) is 0 Å². The van der Waals surface area contributed by atoms with E-state index < -0.39 is 0 Å². The van der Waals surface area contributed by atoms with E-state index in [4.69, 9.17) is 4.42 Å². The molecule has 3 rings (SSSR count). The first-order valence-corrected chi connectivity index (χ1v) is 7.19. The van der Waals surface area contributed by atoms with Crippen molar-refractivity contribution in [3.63, 3.8) is 0 Å². The molecule has 0 aliphatic carbocycles. The number of aromatic nitrogens is 4. The Morgan fingerprint density at radius 2 is 2.39 bits per heavy atom. The van der Waals surface area contributed by atoms with E-state index in [1.165, 1.54) is 11.8 Å². The van der Waals surface area contributed by atoms with Crippen molar-refractivity contribution in [1.82, 2.24) is 20.2 Å². The molecular formula is C11H10N4OS2. The summed E-state index contributed by atoms with van der Waals surface area (Å²) in [5.74, 6) is 1.26. The van der Waals surface area contributed by atoms with Crippen LogP contribution in [-0.2, 0) is 5.75 Å². The van der Waals surface area contributed by atoms with Gasteiger partial charge < -0.3 is 9.40 Å². The molecule has 0 atom stereocenters. The van der Waals surface area contributed by atoms with Gasteiger partial charge in [-0.05, 0) is 19.1 Å². The highest BCUT2D eigenvalue weighted by molar-refractivity contribution is 7.98. The van der Waals surface area contributed by atoms with E-state index in [9.17, 15) is 0 Å². The fourth-order valence-corrected chi connectivity index (χ4v) is 2.82. The molecule has 3 aromatic rings. The molecule has 7 heteroatoms. The fraction of sp³-hybridized carbons (Fsp3) is 0.182. The average Bonchev–Trinajstić information content (AvgIpc) is 3.07. The number of H-pyrrole nitrogens is 1. The van der Waals surface area contributed by atoms with Crippen LogP contribution in [0.4, 0.5) is 0 Å². The largest absolute Gasteiger partial charge is 0.410 e. The summed E-state index contributed by atoms with van der Waals surface area (Å²) in [6.07, 6.45) is 1.82. The molecule has 3 heterocycles. The zero-order valence-electron chi connectivity index (χ0n) is 9.58. The molecule has 0 fully saturated rings. The van der Waals surface area contributed by atoms with Crippen LogP contribution < -0.4 is 0 Å². The van der Waals surface area contributed by atoms with Gasteiger partial charge in [0.15, 0.2) is 0 Å². The highest BCUT2D eigenvalue weighted by Gasteiger charge is 2.10. The van der Waals surface area contributed by atoms with Gasteiger partial charge in [0.2, 0.25) is 0 Å². The first-order valence-electron chi connectivity index (χ1n) is 5.32. The maximum absolute atomic E-state index is 5.54. The quantitative estimate of drug-likeness (QED) is 0.743. The average molecular weight is 278 g/mol. The van der Waals surface area contributed by atoms with Crippen molar-refractivity contribution in [1.29, 1.82) is 0 Å². The number of nitrogens with one attached hydrogen (secondary N) is 1. The van der Waals surface area contributed by atoms with Gasteiger partial charge in [0.25, 0.3) is 11.1 Å². The number of hydrogen-bond acceptors (Lipinski definition) is 6. The Morgan fingerprint density at radius 1 is 1.44 bits per heavy atom. The monoisotopic (exact) mass is 278 g/mol. The summed E-state index contributed by atoms with van der Waals surface area (Å²) in [6, 6.07) is 3.79. The molecule has 0 aliphatic heterocycles. The zero-order chi connectivity index (χ0) is 12.4. The molecule has 92 valence electrons. The standard InChI is InChI=1S/C11H10N4OS2/c1-7-13-8(5-17-7)6-18-11-15-14-10(16-11)9-3-2-4-12-9/h2-5,12H,6H2,1H3. The van der Waals surface area contributed by atoms with Gasteiger partial charge >= 0.3 is 0 Å². The Hall–Kier alpha value is -1.60. The van der Waals surface area contributed by atoms with Gasteiger partial charge in [-0.1, -0.05) is 11.8 Å². The summed E-state index contributed by atoms with van der Waals surface area (Å²) in [7, 11) is 0. The van der Waals surface area contributed by atoms with Crippen LogP contribution in [-0.4, -0.2) is 20.2 Å². The molecule has 0 amide bonds. The minimum atomic E-state index is 0.511. The SMILES string of the molecule is Cc1nc(CSc2nnc(-c3ccc[nH]3)o2)cs1. The summed E-state index contributed by atoms with van der Waals surface area (Å²) >= 11 is 3.14. The third-order valence-corrected chi connectivity index (χ3v) is 3.92. The zero-order valence-corrected chi connectivity index (χ0v) is 11.2. The summed E-state index contributed by atoms with van der Waals surface area (Å²) in [4.78, 5) is 7.41. The molecule has 0 unspecified atom stereocenters. The van der Waals surface area contributed by atoms with Gasteiger partial charge in [0.1, 0.15) is 5.69 Å². The van der Waals surface area contributed by atoms with Gasteiger partial charge in [-0.25, -0.2) is 4.98 Å². The maximum atomic E-state index is 5.54. The van der Waals surface area contributed by atoms with Crippen LogP contribution in [0.2, 0.25) is 0 Å². The number of thioether (sulfide) groups is 1. The first kappa shape index (κ1) is 11.5. The van der Waals surface area contributed by atoms with E-state index in [2.05, 4.69) is 20.2 Å². The van der Waals surface area contributed by atoms with E-state index in [1.54, 1.807) is 11.3 Å². The van der Waals surface area contributed by atoms with Crippen molar-refractivity contribution < 1.29 is 4.42 Å². The lowest BCUT2D eigenvalue weighted by Crippen LogP contribution is -1.80. The van der Waals surface area contributed by atoms with Crippen LogP contribution in [0.3, 0.4) is 0 Å². The second kappa shape index (κ2) is 4.95. The van der Waals surface area contributed by atoms with Gasteiger partial charge in [-0.15, -0.1) is 21.5 Å². The van der Waals surface area contributed by atoms with Crippen LogP contribution >= 0.6 is 23.1 Å². The molecular weight excluding hydrogens is 268 g/mol. The van der Waals surface area contributed by atoms with Crippen molar-refractivity contribution in [2.45, 2.75) is 17.9 Å². The normalized spacial score (nSPS) is 10.9. The van der Waals surface area contributed by atoms with E-state index in [-0.39, 0.29) is 0 Å². The van der Waals surface area contributed by atoms with E-state index in [0.717, 1.165) is 22.1 Å². The second-order valence-corrected chi connectivity index (χ2v) is 5.59.